The van der Waals surface area contributed by atoms with E-state index in [1.165, 1.54) is 48.5 Å². The minimum absolute atomic E-state index is 0.0496. The van der Waals surface area contributed by atoms with Crippen LogP contribution in [-0.2, 0) is 0 Å². The van der Waals surface area contributed by atoms with E-state index < -0.39 is 21.7 Å². The molecule has 2 aromatic rings. The quantitative estimate of drug-likeness (QED) is 0.412. The summed E-state index contributed by atoms with van der Waals surface area (Å²) in [6.45, 7) is 0.337. The molecule has 0 saturated carbocycles. The van der Waals surface area contributed by atoms with Gasteiger partial charge in [-0.25, -0.2) is 0 Å². The van der Waals surface area contributed by atoms with E-state index in [2.05, 4.69) is 10.6 Å². The van der Waals surface area contributed by atoms with Gasteiger partial charge in [-0.2, -0.15) is 0 Å². The molecule has 0 aliphatic carbocycles. The molecule has 0 spiro atoms. The first-order chi connectivity index (χ1) is 12.9. The van der Waals surface area contributed by atoms with Crippen LogP contribution >= 0.6 is 0 Å². The summed E-state index contributed by atoms with van der Waals surface area (Å²) >= 11 is 0. The van der Waals surface area contributed by atoms with Gasteiger partial charge < -0.3 is 10.6 Å². The number of benzene rings is 2. The second-order valence-corrected chi connectivity index (χ2v) is 5.41. The van der Waals surface area contributed by atoms with Gasteiger partial charge in [0.25, 0.3) is 23.2 Å². The lowest BCUT2D eigenvalue weighted by Gasteiger charge is -2.07. The van der Waals surface area contributed by atoms with Gasteiger partial charge in [0.2, 0.25) is 0 Å². The lowest BCUT2D eigenvalue weighted by Crippen LogP contribution is -2.30. The summed E-state index contributed by atoms with van der Waals surface area (Å²) in [4.78, 5) is 44.6. The zero-order chi connectivity index (χ0) is 19.8. The monoisotopic (exact) mass is 372 g/mol. The predicted molar refractivity (Wildman–Crippen MR) is 95.5 cm³/mol. The van der Waals surface area contributed by atoms with Gasteiger partial charge in [0, 0.05) is 25.2 Å². The van der Waals surface area contributed by atoms with Crippen molar-refractivity contribution in [1.29, 1.82) is 0 Å². The number of rotatable bonds is 8. The molecule has 0 aliphatic rings. The fourth-order valence-electron chi connectivity index (χ4n) is 2.33. The van der Waals surface area contributed by atoms with E-state index >= 15 is 0 Å². The van der Waals surface area contributed by atoms with Crippen LogP contribution in [0.15, 0.2) is 48.5 Å². The second-order valence-electron chi connectivity index (χ2n) is 5.41. The molecular weight excluding hydrogens is 356 g/mol. The molecule has 2 rings (SSSR count). The van der Waals surface area contributed by atoms with Crippen LogP contribution in [0.4, 0.5) is 11.4 Å². The van der Waals surface area contributed by atoms with Crippen molar-refractivity contribution < 1.29 is 19.4 Å². The second kappa shape index (κ2) is 9.04. The van der Waals surface area contributed by atoms with Gasteiger partial charge in [-0.05, 0) is 18.6 Å². The largest absolute Gasteiger partial charge is 0.352 e. The van der Waals surface area contributed by atoms with Crippen LogP contribution < -0.4 is 10.6 Å². The number of hydrogen-bond acceptors (Lipinski definition) is 6. The van der Waals surface area contributed by atoms with Crippen molar-refractivity contribution in [2.75, 3.05) is 13.1 Å². The number of nitro benzene ring substituents is 2. The standard InChI is InChI=1S/C17H16N4O6/c22-16(12-6-1-3-8-14(12)20(24)25)18-10-5-11-19-17(23)13-7-2-4-9-15(13)21(26)27/h1-4,6-9H,5,10-11H2,(H,18,22)(H,19,23). The third-order valence-electron chi connectivity index (χ3n) is 3.62. The van der Waals surface area contributed by atoms with E-state index in [0.29, 0.717) is 6.42 Å². The molecule has 0 aromatic heterocycles. The topological polar surface area (TPSA) is 144 Å². The average molecular weight is 372 g/mol. The van der Waals surface area contributed by atoms with Crippen LogP contribution in [0.1, 0.15) is 27.1 Å². The Labute approximate surface area is 153 Å². The molecule has 0 heterocycles. The summed E-state index contributed by atoms with van der Waals surface area (Å²) in [5.41, 5.74) is -0.683. The summed E-state index contributed by atoms with van der Waals surface area (Å²) in [6.07, 6.45) is 0.346. The summed E-state index contributed by atoms with van der Waals surface area (Å²) in [5, 5.41) is 26.9. The zero-order valence-corrected chi connectivity index (χ0v) is 14.1. The van der Waals surface area contributed by atoms with Crippen LogP contribution in [0.2, 0.25) is 0 Å². The van der Waals surface area contributed by atoms with Gasteiger partial charge in [0.1, 0.15) is 11.1 Å². The highest BCUT2D eigenvalue weighted by Crippen LogP contribution is 2.18. The SMILES string of the molecule is O=C(NCCCNC(=O)c1ccccc1[N+](=O)[O-])c1ccccc1[N+](=O)[O-]. The molecule has 0 radical (unpaired) electrons. The van der Waals surface area contributed by atoms with Crippen LogP contribution in [-0.4, -0.2) is 34.8 Å². The lowest BCUT2D eigenvalue weighted by atomic mass is 10.1. The minimum Gasteiger partial charge on any atom is -0.352 e. The Balaban J connectivity index is 1.83. The third kappa shape index (κ3) is 5.08. The molecule has 0 atom stereocenters. The van der Waals surface area contributed by atoms with Gasteiger partial charge >= 0.3 is 0 Å². The van der Waals surface area contributed by atoms with Crippen molar-refractivity contribution >= 4 is 23.2 Å². The fourth-order valence-corrected chi connectivity index (χ4v) is 2.33. The molecule has 0 fully saturated rings. The number of nitrogens with one attached hydrogen (secondary N) is 2. The third-order valence-corrected chi connectivity index (χ3v) is 3.62. The van der Waals surface area contributed by atoms with Crippen molar-refractivity contribution in [3.05, 3.63) is 79.9 Å². The first-order valence-corrected chi connectivity index (χ1v) is 7.95. The molecule has 10 nitrogen and oxygen atoms in total. The number of nitro groups is 2. The Kier molecular flexibility index (Phi) is 6.53. The normalized spacial score (nSPS) is 10.1. The van der Waals surface area contributed by atoms with Gasteiger partial charge in [-0.15, -0.1) is 0 Å². The Morgan fingerprint density at radius 2 is 1.11 bits per heavy atom. The molecule has 0 bridgehead atoms. The highest BCUT2D eigenvalue weighted by Gasteiger charge is 2.20. The lowest BCUT2D eigenvalue weighted by molar-refractivity contribution is -0.385. The Morgan fingerprint density at radius 3 is 1.48 bits per heavy atom. The zero-order valence-electron chi connectivity index (χ0n) is 14.1. The number of carbonyl (C=O) groups excluding carboxylic acids is 2. The predicted octanol–water partition coefficient (Wildman–Crippen LogP) is 2.05. The summed E-state index contributed by atoms with van der Waals surface area (Å²) < 4.78 is 0. The first kappa shape index (κ1) is 19.5. The van der Waals surface area contributed by atoms with Crippen molar-refractivity contribution in [1.82, 2.24) is 10.6 Å². The number of nitrogens with zero attached hydrogens (tertiary/aromatic N) is 2. The Bertz CT molecular complexity index is 812. The number of hydrogen-bond donors (Lipinski definition) is 2. The number of amides is 2. The molecule has 0 saturated heterocycles. The first-order valence-electron chi connectivity index (χ1n) is 7.95. The fraction of sp³-hybridized carbons (Fsp3) is 0.176. The molecule has 140 valence electrons. The highest BCUT2D eigenvalue weighted by atomic mass is 16.6. The van der Waals surface area contributed by atoms with Crippen molar-refractivity contribution in [2.24, 2.45) is 0 Å². The molecule has 2 aromatic carbocycles. The van der Waals surface area contributed by atoms with Crippen LogP contribution in [0, 0.1) is 20.2 Å². The van der Waals surface area contributed by atoms with E-state index in [0.717, 1.165) is 0 Å². The van der Waals surface area contributed by atoms with Gasteiger partial charge in [0.15, 0.2) is 0 Å². The van der Waals surface area contributed by atoms with Gasteiger partial charge in [-0.3, -0.25) is 29.8 Å². The smallest absolute Gasteiger partial charge is 0.282 e. The molecule has 10 heteroatoms. The van der Waals surface area contributed by atoms with E-state index in [9.17, 15) is 29.8 Å². The highest BCUT2D eigenvalue weighted by molar-refractivity contribution is 5.98. The summed E-state index contributed by atoms with van der Waals surface area (Å²) in [5.74, 6) is -1.18. The van der Waals surface area contributed by atoms with E-state index in [-0.39, 0.29) is 35.6 Å². The van der Waals surface area contributed by atoms with E-state index in [4.69, 9.17) is 0 Å². The van der Waals surface area contributed by atoms with E-state index in [1.807, 2.05) is 0 Å². The molecular formula is C17H16N4O6. The number of para-hydroxylation sites is 2. The Hall–Kier alpha value is -3.82. The van der Waals surface area contributed by atoms with Gasteiger partial charge in [0.05, 0.1) is 9.85 Å². The van der Waals surface area contributed by atoms with Gasteiger partial charge in [-0.1, -0.05) is 24.3 Å². The Morgan fingerprint density at radius 1 is 0.741 bits per heavy atom. The molecule has 0 unspecified atom stereocenters. The van der Waals surface area contributed by atoms with Crippen molar-refractivity contribution in [3.8, 4) is 0 Å². The van der Waals surface area contributed by atoms with Crippen LogP contribution in [0.5, 0.6) is 0 Å². The molecule has 27 heavy (non-hydrogen) atoms. The maximum Gasteiger partial charge on any atom is 0.282 e. The summed E-state index contributed by atoms with van der Waals surface area (Å²) in [7, 11) is 0. The molecule has 2 N–H and O–H groups in total. The van der Waals surface area contributed by atoms with Crippen molar-refractivity contribution in [2.45, 2.75) is 6.42 Å². The van der Waals surface area contributed by atoms with Crippen molar-refractivity contribution in [3.63, 3.8) is 0 Å². The van der Waals surface area contributed by atoms with Crippen LogP contribution in [0.3, 0.4) is 0 Å². The molecule has 0 aliphatic heterocycles. The molecule has 2 amide bonds. The van der Waals surface area contributed by atoms with Crippen LogP contribution in [0.25, 0.3) is 0 Å². The number of carbonyl (C=O) groups is 2. The maximum absolute atomic E-state index is 12.0. The summed E-state index contributed by atoms with van der Waals surface area (Å²) in [6, 6.07) is 11.2. The minimum atomic E-state index is -0.637. The maximum atomic E-state index is 12.0. The van der Waals surface area contributed by atoms with E-state index in [1.54, 1.807) is 0 Å². The average Bonchev–Trinajstić information content (AvgIpc) is 2.67.